The van der Waals surface area contributed by atoms with Crippen LogP contribution < -0.4 is 10.6 Å². The first-order valence-corrected chi connectivity index (χ1v) is 11.5. The van der Waals surface area contributed by atoms with Gasteiger partial charge in [0.1, 0.15) is 5.75 Å². The number of rotatable bonds is 6. The van der Waals surface area contributed by atoms with Crippen molar-refractivity contribution >= 4 is 40.8 Å². The highest BCUT2D eigenvalue weighted by molar-refractivity contribution is 6.42. The van der Waals surface area contributed by atoms with E-state index in [1.54, 1.807) is 36.4 Å². The highest BCUT2D eigenvalue weighted by Crippen LogP contribution is 2.42. The van der Waals surface area contributed by atoms with E-state index in [4.69, 9.17) is 27.7 Å². The predicted octanol–water partition coefficient (Wildman–Crippen LogP) is 5.44. The van der Waals surface area contributed by atoms with E-state index in [9.17, 15) is 14.7 Å². The van der Waals surface area contributed by atoms with Crippen LogP contribution in [0.5, 0.6) is 5.75 Å². The Morgan fingerprint density at radius 3 is 2.60 bits per heavy atom. The second kappa shape index (κ2) is 9.44. The molecular weight excluding hydrogens is 493 g/mol. The lowest BCUT2D eigenvalue weighted by atomic mass is 10.1. The molecule has 1 saturated carbocycles. The molecule has 9 nitrogen and oxygen atoms in total. The molecule has 0 unspecified atom stereocenters. The van der Waals surface area contributed by atoms with E-state index in [0.29, 0.717) is 27.0 Å². The maximum absolute atomic E-state index is 12.9. The Hall–Kier alpha value is -3.82. The zero-order valence-electron chi connectivity index (χ0n) is 18.2. The first kappa shape index (κ1) is 22.9. The summed E-state index contributed by atoms with van der Waals surface area (Å²) in [6, 6.07) is 12.7. The number of hydrogen-bond acceptors (Lipinski definition) is 6. The van der Waals surface area contributed by atoms with Crippen molar-refractivity contribution in [2.24, 2.45) is 0 Å². The Morgan fingerprint density at radius 1 is 1.09 bits per heavy atom. The van der Waals surface area contributed by atoms with Gasteiger partial charge in [0.15, 0.2) is 0 Å². The van der Waals surface area contributed by atoms with Crippen LogP contribution in [0.25, 0.3) is 11.3 Å². The molecule has 0 radical (unpaired) electrons. The van der Waals surface area contributed by atoms with Crippen molar-refractivity contribution in [3.63, 3.8) is 0 Å². The zero-order chi connectivity index (χ0) is 24.5. The van der Waals surface area contributed by atoms with Crippen LogP contribution in [0.1, 0.15) is 40.6 Å². The smallest absolute Gasteiger partial charge is 0.342 e. The molecule has 0 aliphatic heterocycles. The Balaban J connectivity index is 1.34. The Labute approximate surface area is 209 Å². The predicted molar refractivity (Wildman–Crippen MR) is 130 cm³/mol. The summed E-state index contributed by atoms with van der Waals surface area (Å²) < 4.78 is 6.17. The highest BCUT2D eigenvalue weighted by atomic mass is 35.5. The first-order valence-electron chi connectivity index (χ1n) is 10.8. The summed E-state index contributed by atoms with van der Waals surface area (Å²) in [7, 11) is 0. The molecule has 11 heteroatoms. The topological polar surface area (TPSA) is 122 Å². The number of halogens is 2. The van der Waals surface area contributed by atoms with E-state index in [2.05, 4.69) is 20.9 Å². The molecule has 1 aliphatic carbocycles. The number of aromatic hydroxyl groups is 1. The van der Waals surface area contributed by atoms with Crippen LogP contribution in [0, 0.1) is 0 Å². The van der Waals surface area contributed by atoms with E-state index in [0.717, 1.165) is 24.1 Å². The van der Waals surface area contributed by atoms with Crippen LogP contribution in [0.4, 0.5) is 10.5 Å². The molecule has 4 aromatic rings. The lowest BCUT2D eigenvalue weighted by Gasteiger charge is -2.09. The number of amides is 2. The van der Waals surface area contributed by atoms with Gasteiger partial charge in [0, 0.05) is 35.8 Å². The van der Waals surface area contributed by atoms with Crippen LogP contribution in [0.2, 0.25) is 10.0 Å². The minimum absolute atomic E-state index is 0.0493. The molecule has 0 saturated heterocycles. The molecule has 0 spiro atoms. The van der Waals surface area contributed by atoms with Gasteiger partial charge < -0.3 is 20.3 Å². The molecule has 5 rings (SSSR count). The number of hydrogen-bond donors (Lipinski definition) is 3. The second-order valence-corrected chi connectivity index (χ2v) is 8.92. The number of anilines is 1. The number of benzene rings is 2. The normalized spacial score (nSPS) is 13.0. The quantitative estimate of drug-likeness (QED) is 0.316. The fraction of sp³-hybridized carbons (Fsp3) is 0.167. The third-order valence-electron chi connectivity index (χ3n) is 5.55. The highest BCUT2D eigenvalue weighted by Gasteiger charge is 2.30. The maximum atomic E-state index is 12.9. The Morgan fingerprint density at radius 2 is 1.91 bits per heavy atom. The minimum atomic E-state index is -0.492. The van der Waals surface area contributed by atoms with Gasteiger partial charge in [-0.3, -0.25) is 4.79 Å². The monoisotopic (exact) mass is 511 g/mol. The molecule has 1 fully saturated rings. The first-order chi connectivity index (χ1) is 16.9. The van der Waals surface area contributed by atoms with Crippen LogP contribution in [0.3, 0.4) is 0 Å². The van der Waals surface area contributed by atoms with E-state index < -0.39 is 5.91 Å². The number of aromatic nitrogens is 3. The fourth-order valence-electron chi connectivity index (χ4n) is 3.61. The fourth-order valence-corrected chi connectivity index (χ4v) is 3.93. The standard InChI is InChI=1S/C24H19Cl2N5O4/c25-17-6-1-13(9-18(17)26)12-27-24(34)31-20(14-2-3-14)11-19(30-31)16-5-4-15(10-21(16)32)29-23(33)22-7-8-28-35-22/h1,4-11,14,32H,2-3,12H2,(H,27,34)(H,29,33). The molecule has 1 aliphatic rings. The van der Waals surface area contributed by atoms with Crippen molar-refractivity contribution in [2.45, 2.75) is 25.3 Å². The van der Waals surface area contributed by atoms with Crippen molar-refractivity contribution in [2.75, 3.05) is 5.32 Å². The molecule has 3 N–H and O–H groups in total. The number of nitrogens with zero attached hydrogens (tertiary/aromatic N) is 3. The number of nitrogens with one attached hydrogen (secondary N) is 2. The van der Waals surface area contributed by atoms with Gasteiger partial charge in [-0.2, -0.15) is 9.78 Å². The zero-order valence-corrected chi connectivity index (χ0v) is 19.7. The molecule has 178 valence electrons. The summed E-state index contributed by atoms with van der Waals surface area (Å²) >= 11 is 12.0. The maximum Gasteiger partial charge on any atom is 0.342 e. The van der Waals surface area contributed by atoms with E-state index >= 15 is 0 Å². The molecule has 0 bridgehead atoms. The van der Waals surface area contributed by atoms with Gasteiger partial charge in [-0.15, -0.1) is 0 Å². The Bertz CT molecular complexity index is 1410. The van der Waals surface area contributed by atoms with Crippen molar-refractivity contribution in [1.82, 2.24) is 20.3 Å². The van der Waals surface area contributed by atoms with Crippen LogP contribution >= 0.6 is 23.2 Å². The van der Waals surface area contributed by atoms with Crippen molar-refractivity contribution < 1.29 is 19.2 Å². The average molecular weight is 512 g/mol. The third kappa shape index (κ3) is 5.01. The SMILES string of the molecule is O=C(Nc1ccc(-c2cc(C3CC3)n(C(=O)NCc3ccc(Cl)c(Cl)c3)n2)c(O)c1)c1ccno1. The number of phenols is 1. The van der Waals surface area contributed by atoms with Crippen LogP contribution in [-0.2, 0) is 6.54 Å². The van der Waals surface area contributed by atoms with Gasteiger partial charge in [-0.05, 0) is 48.7 Å². The van der Waals surface area contributed by atoms with Crippen molar-refractivity contribution in [3.8, 4) is 17.0 Å². The van der Waals surface area contributed by atoms with Gasteiger partial charge in [-0.1, -0.05) is 34.4 Å². The van der Waals surface area contributed by atoms with Gasteiger partial charge in [-0.25, -0.2) is 4.79 Å². The summed E-state index contributed by atoms with van der Waals surface area (Å²) in [4.78, 5) is 25.1. The van der Waals surface area contributed by atoms with Crippen LogP contribution in [0.15, 0.2) is 59.3 Å². The van der Waals surface area contributed by atoms with E-state index in [1.165, 1.54) is 23.0 Å². The Kier molecular flexibility index (Phi) is 6.19. The largest absolute Gasteiger partial charge is 0.507 e. The molecule has 35 heavy (non-hydrogen) atoms. The molecule has 2 aromatic heterocycles. The number of carbonyl (C=O) groups excluding carboxylic acids is 2. The summed E-state index contributed by atoms with van der Waals surface area (Å²) in [5.74, 6) is -0.306. The summed E-state index contributed by atoms with van der Waals surface area (Å²) in [5.41, 5.74) is 2.82. The van der Waals surface area contributed by atoms with Crippen molar-refractivity contribution in [3.05, 3.63) is 81.8 Å². The third-order valence-corrected chi connectivity index (χ3v) is 6.28. The van der Waals surface area contributed by atoms with E-state index in [-0.39, 0.29) is 30.0 Å². The summed E-state index contributed by atoms with van der Waals surface area (Å²) in [5, 5.41) is 24.9. The van der Waals surface area contributed by atoms with Crippen LogP contribution in [-0.4, -0.2) is 32.0 Å². The molecule has 2 aromatic carbocycles. The lowest BCUT2D eigenvalue weighted by molar-refractivity contribution is 0.0988. The summed E-state index contributed by atoms with van der Waals surface area (Å²) in [6.45, 7) is 0.250. The van der Waals surface area contributed by atoms with Gasteiger partial charge in [0.2, 0.25) is 5.76 Å². The second-order valence-electron chi connectivity index (χ2n) is 8.11. The molecule has 2 heterocycles. The molecular formula is C24H19Cl2N5O4. The number of phenolic OH excluding ortho intramolecular Hbond substituents is 1. The average Bonchev–Trinajstić information content (AvgIpc) is 3.34. The van der Waals surface area contributed by atoms with Gasteiger partial charge >= 0.3 is 6.03 Å². The van der Waals surface area contributed by atoms with Crippen molar-refractivity contribution in [1.29, 1.82) is 0 Å². The number of carbonyl (C=O) groups is 2. The van der Waals surface area contributed by atoms with Gasteiger partial charge in [0.05, 0.1) is 27.6 Å². The lowest BCUT2D eigenvalue weighted by Crippen LogP contribution is -2.30. The molecule has 0 atom stereocenters. The van der Waals surface area contributed by atoms with E-state index in [1.807, 2.05) is 0 Å². The minimum Gasteiger partial charge on any atom is -0.507 e. The van der Waals surface area contributed by atoms with Gasteiger partial charge in [0.25, 0.3) is 5.91 Å². The summed E-state index contributed by atoms with van der Waals surface area (Å²) in [6.07, 6.45) is 3.29. The molecule has 2 amide bonds.